The molecule has 2 aliphatic rings. The van der Waals surface area contributed by atoms with Crippen molar-refractivity contribution in [2.75, 3.05) is 19.6 Å². The number of rotatable bonds is 4. The zero-order chi connectivity index (χ0) is 12.5. The Morgan fingerprint density at radius 2 is 2.18 bits per heavy atom. The quantitative estimate of drug-likeness (QED) is 0.778. The van der Waals surface area contributed by atoms with Gasteiger partial charge in [-0.2, -0.15) is 0 Å². The van der Waals surface area contributed by atoms with E-state index < -0.39 is 5.97 Å². The first-order valence-electron chi connectivity index (χ1n) is 6.66. The summed E-state index contributed by atoms with van der Waals surface area (Å²) in [6.07, 6.45) is 3.64. The van der Waals surface area contributed by atoms with Gasteiger partial charge in [-0.05, 0) is 24.7 Å². The molecule has 4 heteroatoms. The molecule has 0 radical (unpaired) electrons. The van der Waals surface area contributed by atoms with Gasteiger partial charge in [0, 0.05) is 38.1 Å². The molecule has 98 valence electrons. The number of carboxylic acid groups (broad SMARTS) is 1. The van der Waals surface area contributed by atoms with Crippen molar-refractivity contribution in [1.29, 1.82) is 0 Å². The van der Waals surface area contributed by atoms with Gasteiger partial charge in [-0.15, -0.1) is 0 Å². The van der Waals surface area contributed by atoms with E-state index in [1.807, 2.05) is 0 Å². The lowest BCUT2D eigenvalue weighted by Crippen LogP contribution is -2.43. The van der Waals surface area contributed by atoms with Crippen LogP contribution in [0.15, 0.2) is 0 Å². The fourth-order valence-corrected chi connectivity index (χ4v) is 2.77. The van der Waals surface area contributed by atoms with Gasteiger partial charge in [-0.1, -0.05) is 13.8 Å². The van der Waals surface area contributed by atoms with Crippen molar-refractivity contribution < 1.29 is 9.90 Å². The fourth-order valence-electron chi connectivity index (χ4n) is 2.77. The van der Waals surface area contributed by atoms with Crippen LogP contribution in [-0.2, 0) is 4.79 Å². The van der Waals surface area contributed by atoms with Gasteiger partial charge in [0.15, 0.2) is 0 Å². The summed E-state index contributed by atoms with van der Waals surface area (Å²) >= 11 is 0. The summed E-state index contributed by atoms with van der Waals surface area (Å²) in [7, 11) is 0. The standard InChI is InChI=1S/C13H24N2O2/c1-13(2)8-14-7-11(5-6-12(16)17)15(9-13)10-3-4-10/h10-11,14H,3-9H2,1-2H3,(H,16,17). The monoisotopic (exact) mass is 240 g/mol. The van der Waals surface area contributed by atoms with Crippen LogP contribution in [0.5, 0.6) is 0 Å². The molecule has 0 aromatic carbocycles. The highest BCUT2D eigenvalue weighted by molar-refractivity contribution is 5.66. The number of hydrogen-bond acceptors (Lipinski definition) is 3. The van der Waals surface area contributed by atoms with Crippen LogP contribution in [0.2, 0.25) is 0 Å². The number of hydrogen-bond donors (Lipinski definition) is 2. The molecule has 1 aliphatic heterocycles. The van der Waals surface area contributed by atoms with Gasteiger partial charge in [0.2, 0.25) is 0 Å². The van der Waals surface area contributed by atoms with E-state index in [0.29, 0.717) is 17.5 Å². The molecule has 2 rings (SSSR count). The summed E-state index contributed by atoms with van der Waals surface area (Å²) < 4.78 is 0. The van der Waals surface area contributed by atoms with Crippen LogP contribution in [-0.4, -0.2) is 47.7 Å². The van der Waals surface area contributed by atoms with Crippen LogP contribution in [0.1, 0.15) is 39.5 Å². The average Bonchev–Trinajstić information content (AvgIpc) is 3.01. The largest absolute Gasteiger partial charge is 0.481 e. The maximum atomic E-state index is 10.7. The Bertz CT molecular complexity index is 287. The second kappa shape index (κ2) is 4.94. The minimum Gasteiger partial charge on any atom is -0.481 e. The van der Waals surface area contributed by atoms with Crippen molar-refractivity contribution in [3.05, 3.63) is 0 Å². The van der Waals surface area contributed by atoms with E-state index in [-0.39, 0.29) is 6.42 Å². The number of carbonyl (C=O) groups is 1. The lowest BCUT2D eigenvalue weighted by molar-refractivity contribution is -0.137. The fraction of sp³-hybridized carbons (Fsp3) is 0.923. The maximum Gasteiger partial charge on any atom is 0.303 e. The van der Waals surface area contributed by atoms with E-state index in [2.05, 4.69) is 24.1 Å². The Labute approximate surface area is 103 Å². The van der Waals surface area contributed by atoms with Gasteiger partial charge in [0.05, 0.1) is 0 Å². The van der Waals surface area contributed by atoms with E-state index in [4.69, 9.17) is 5.11 Å². The second-order valence-corrected chi connectivity index (χ2v) is 6.28. The Balaban J connectivity index is 1.98. The third-order valence-corrected chi connectivity index (χ3v) is 3.77. The van der Waals surface area contributed by atoms with Crippen LogP contribution >= 0.6 is 0 Å². The Morgan fingerprint density at radius 3 is 2.76 bits per heavy atom. The van der Waals surface area contributed by atoms with Gasteiger partial charge in [0.1, 0.15) is 0 Å². The molecule has 1 atom stereocenters. The molecule has 1 aliphatic carbocycles. The summed E-state index contributed by atoms with van der Waals surface area (Å²) in [5.41, 5.74) is 0.292. The second-order valence-electron chi connectivity index (χ2n) is 6.28. The molecule has 0 aromatic rings. The third kappa shape index (κ3) is 3.68. The minimum absolute atomic E-state index is 0.288. The lowest BCUT2D eigenvalue weighted by atomic mass is 9.93. The molecule has 0 spiro atoms. The van der Waals surface area contributed by atoms with E-state index in [1.165, 1.54) is 12.8 Å². The molecule has 0 bridgehead atoms. The first-order valence-corrected chi connectivity index (χ1v) is 6.66. The molecule has 1 saturated heterocycles. The summed E-state index contributed by atoms with van der Waals surface area (Å²) in [5.74, 6) is -0.677. The topological polar surface area (TPSA) is 52.6 Å². The Kier molecular flexibility index (Phi) is 3.73. The van der Waals surface area contributed by atoms with Crippen molar-refractivity contribution in [3.63, 3.8) is 0 Å². The van der Waals surface area contributed by atoms with Crippen LogP contribution in [0, 0.1) is 5.41 Å². The minimum atomic E-state index is -0.677. The Morgan fingerprint density at radius 1 is 1.47 bits per heavy atom. The van der Waals surface area contributed by atoms with Crippen molar-refractivity contribution in [2.45, 2.75) is 51.6 Å². The van der Waals surface area contributed by atoms with Crippen LogP contribution < -0.4 is 5.32 Å². The van der Waals surface area contributed by atoms with Gasteiger partial charge in [-0.3, -0.25) is 9.69 Å². The average molecular weight is 240 g/mol. The van der Waals surface area contributed by atoms with E-state index in [0.717, 1.165) is 26.1 Å². The molecule has 17 heavy (non-hydrogen) atoms. The third-order valence-electron chi connectivity index (χ3n) is 3.77. The molecule has 4 nitrogen and oxygen atoms in total. The summed E-state index contributed by atoms with van der Waals surface area (Å²) in [4.78, 5) is 13.3. The van der Waals surface area contributed by atoms with E-state index in [1.54, 1.807) is 0 Å². The summed E-state index contributed by atoms with van der Waals surface area (Å²) in [6.45, 7) is 7.63. The molecule has 1 unspecified atom stereocenters. The number of nitrogens with zero attached hydrogens (tertiary/aromatic N) is 1. The van der Waals surface area contributed by atoms with E-state index >= 15 is 0 Å². The highest BCUT2D eigenvalue weighted by atomic mass is 16.4. The normalized spacial score (nSPS) is 29.9. The SMILES string of the molecule is CC1(C)CNCC(CCC(=O)O)N(C2CC2)C1. The predicted molar refractivity (Wildman–Crippen MR) is 67.0 cm³/mol. The molecule has 0 amide bonds. The smallest absolute Gasteiger partial charge is 0.303 e. The summed E-state index contributed by atoms with van der Waals surface area (Å²) in [6, 6.07) is 1.12. The molecule has 1 heterocycles. The number of aliphatic carboxylic acids is 1. The number of nitrogens with one attached hydrogen (secondary N) is 1. The maximum absolute atomic E-state index is 10.7. The van der Waals surface area contributed by atoms with Crippen LogP contribution in [0.3, 0.4) is 0 Å². The Hall–Kier alpha value is -0.610. The number of carboxylic acids is 1. The first-order chi connectivity index (χ1) is 7.98. The summed E-state index contributed by atoms with van der Waals surface area (Å²) in [5, 5.41) is 12.3. The van der Waals surface area contributed by atoms with Crippen molar-refractivity contribution in [2.24, 2.45) is 5.41 Å². The van der Waals surface area contributed by atoms with Crippen molar-refractivity contribution >= 4 is 5.97 Å². The van der Waals surface area contributed by atoms with Gasteiger partial charge in [-0.25, -0.2) is 0 Å². The highest BCUT2D eigenvalue weighted by Crippen LogP contribution is 2.33. The molecule has 0 aromatic heterocycles. The molecular weight excluding hydrogens is 216 g/mol. The van der Waals surface area contributed by atoms with Gasteiger partial charge >= 0.3 is 5.97 Å². The van der Waals surface area contributed by atoms with Crippen molar-refractivity contribution in [3.8, 4) is 0 Å². The zero-order valence-electron chi connectivity index (χ0n) is 10.9. The highest BCUT2D eigenvalue weighted by Gasteiger charge is 2.38. The first kappa shape index (κ1) is 12.8. The van der Waals surface area contributed by atoms with Gasteiger partial charge < -0.3 is 10.4 Å². The molecule has 1 saturated carbocycles. The molecule has 2 fully saturated rings. The molecular formula is C13H24N2O2. The van der Waals surface area contributed by atoms with Crippen molar-refractivity contribution in [1.82, 2.24) is 10.2 Å². The molecule has 2 N–H and O–H groups in total. The van der Waals surface area contributed by atoms with Crippen LogP contribution in [0.25, 0.3) is 0 Å². The predicted octanol–water partition coefficient (Wildman–Crippen LogP) is 1.31. The van der Waals surface area contributed by atoms with Gasteiger partial charge in [0.25, 0.3) is 0 Å². The zero-order valence-corrected chi connectivity index (χ0v) is 10.9. The lowest BCUT2D eigenvalue weighted by Gasteiger charge is -2.33. The van der Waals surface area contributed by atoms with E-state index in [9.17, 15) is 4.79 Å². The van der Waals surface area contributed by atoms with Crippen LogP contribution in [0.4, 0.5) is 0 Å².